The van der Waals surface area contributed by atoms with Crippen LogP contribution in [0, 0.1) is 13.8 Å². The lowest BCUT2D eigenvalue weighted by Gasteiger charge is -2.37. The third-order valence-electron chi connectivity index (χ3n) is 12.0. The molecule has 0 aliphatic carbocycles. The van der Waals surface area contributed by atoms with Crippen LogP contribution in [-0.4, -0.2) is 51.9 Å². The highest BCUT2D eigenvalue weighted by molar-refractivity contribution is 9.11. The van der Waals surface area contributed by atoms with E-state index in [-0.39, 0.29) is 0 Å². The van der Waals surface area contributed by atoms with Crippen molar-refractivity contribution in [2.75, 3.05) is 71.5 Å². The summed E-state index contributed by atoms with van der Waals surface area (Å²) in [6.45, 7) is 9.82. The van der Waals surface area contributed by atoms with Gasteiger partial charge in [0.2, 0.25) is 0 Å². The normalized spacial score (nSPS) is 14.9. The number of benzene rings is 6. The Hall–Kier alpha value is -2.96. The average Bonchev–Trinajstić information content (AvgIpc) is 3.32. The van der Waals surface area contributed by atoms with Crippen molar-refractivity contribution in [1.29, 1.82) is 0 Å². The van der Waals surface area contributed by atoms with E-state index in [0.29, 0.717) is 26.9 Å². The van der Waals surface area contributed by atoms with Gasteiger partial charge in [0.1, 0.15) is 23.0 Å². The van der Waals surface area contributed by atoms with E-state index in [9.17, 15) is 0 Å². The van der Waals surface area contributed by atoms with Gasteiger partial charge in [-0.15, -0.1) is 47.0 Å². The van der Waals surface area contributed by atoms with Crippen LogP contribution in [0.3, 0.4) is 0 Å². The van der Waals surface area contributed by atoms with Crippen LogP contribution in [-0.2, 0) is 26.2 Å². The molecular formula is C50H48Br4N4O4S4. The smallest absolute Gasteiger partial charge is 0.161 e. The standard InChI is InChI=1S/2C25H24Br2N2O2S2/c1-15-24(28-11-16-8-18(26)4-6-20(16)30-13-28)22(32-2)10-23(33-3)25(15)29-12-17-9-19(27)5-7-21(17)31-14-29;1-15-8-22(32-2)24(29-12-17-10-19(27)5-7-21(17)31-14-29)25(33-3)23(15)28-11-16-9-18(26)4-6-20(16)30-13-28/h2*4-10H,11-14H2,1-3H3. The van der Waals surface area contributed by atoms with E-state index in [2.05, 4.69) is 159 Å². The fraction of sp³-hybridized carbons (Fsp3) is 0.280. The first-order valence-corrected chi connectivity index (χ1v) is 29.2. The van der Waals surface area contributed by atoms with Crippen molar-refractivity contribution >= 4 is 134 Å². The minimum Gasteiger partial charge on any atom is -0.473 e. The van der Waals surface area contributed by atoms with Crippen LogP contribution in [0.4, 0.5) is 22.7 Å². The van der Waals surface area contributed by atoms with Gasteiger partial charge in [0.05, 0.1) is 27.6 Å². The van der Waals surface area contributed by atoms with Crippen molar-refractivity contribution in [3.8, 4) is 23.0 Å². The molecule has 0 atom stereocenters. The van der Waals surface area contributed by atoms with E-state index in [1.165, 1.54) is 75.7 Å². The number of rotatable bonds is 8. The van der Waals surface area contributed by atoms with Crippen LogP contribution in [0.2, 0.25) is 0 Å². The van der Waals surface area contributed by atoms with E-state index < -0.39 is 0 Å². The minimum absolute atomic E-state index is 0.532. The highest BCUT2D eigenvalue weighted by Crippen LogP contribution is 2.49. The summed E-state index contributed by atoms with van der Waals surface area (Å²) in [6.07, 6.45) is 8.61. The molecule has 0 spiro atoms. The van der Waals surface area contributed by atoms with Gasteiger partial charge in [-0.05, 0) is 135 Å². The summed E-state index contributed by atoms with van der Waals surface area (Å²) < 4.78 is 28.9. The summed E-state index contributed by atoms with van der Waals surface area (Å²) >= 11 is 21.6. The third kappa shape index (κ3) is 9.91. The zero-order valence-electron chi connectivity index (χ0n) is 37.3. The van der Waals surface area contributed by atoms with Crippen molar-refractivity contribution in [2.24, 2.45) is 0 Å². The molecule has 0 amide bonds. The largest absolute Gasteiger partial charge is 0.473 e. The quantitative estimate of drug-likeness (QED) is 0.136. The molecule has 0 bridgehead atoms. The van der Waals surface area contributed by atoms with E-state index in [0.717, 1.165) is 67.1 Å². The number of fused-ring (bicyclic) bond motifs is 4. The second-order valence-corrected chi connectivity index (χ2v) is 23.1. The number of halogens is 4. The van der Waals surface area contributed by atoms with Crippen molar-refractivity contribution in [1.82, 2.24) is 0 Å². The molecule has 0 unspecified atom stereocenters. The summed E-state index contributed by atoms with van der Waals surface area (Å²) in [5, 5.41) is 0. The van der Waals surface area contributed by atoms with Gasteiger partial charge >= 0.3 is 0 Å². The molecule has 8 nitrogen and oxygen atoms in total. The molecule has 16 heteroatoms. The third-order valence-corrected chi connectivity index (χ3v) is 17.0. The second-order valence-electron chi connectivity index (χ2n) is 16.1. The van der Waals surface area contributed by atoms with Crippen molar-refractivity contribution < 1.29 is 18.9 Å². The molecule has 6 aromatic carbocycles. The Balaban J connectivity index is 0.000000166. The predicted octanol–water partition coefficient (Wildman–Crippen LogP) is 15.4. The molecular weight excluding hydrogens is 1170 g/mol. The number of thioether (sulfide) groups is 4. The van der Waals surface area contributed by atoms with Gasteiger partial charge < -0.3 is 38.5 Å². The first-order chi connectivity index (χ1) is 32.0. The molecule has 344 valence electrons. The Bertz CT molecular complexity index is 2640. The van der Waals surface area contributed by atoms with Crippen molar-refractivity contribution in [3.05, 3.63) is 136 Å². The maximum absolute atomic E-state index is 6.16. The van der Waals surface area contributed by atoms with Crippen molar-refractivity contribution in [2.45, 2.75) is 59.6 Å². The number of ether oxygens (including phenoxy) is 4. The molecule has 0 aromatic heterocycles. The molecule has 0 N–H and O–H groups in total. The van der Waals surface area contributed by atoms with E-state index in [1.807, 2.05) is 48.5 Å². The topological polar surface area (TPSA) is 49.9 Å². The Labute approximate surface area is 438 Å². The zero-order valence-corrected chi connectivity index (χ0v) is 46.9. The molecule has 4 aliphatic rings. The summed E-state index contributed by atoms with van der Waals surface area (Å²) in [4.78, 5) is 14.5. The van der Waals surface area contributed by atoms with E-state index >= 15 is 0 Å². The molecule has 6 aromatic rings. The number of hydrogen-bond donors (Lipinski definition) is 0. The zero-order chi connectivity index (χ0) is 46.2. The second kappa shape index (κ2) is 21.0. The Morgan fingerprint density at radius 3 is 1.05 bits per heavy atom. The fourth-order valence-corrected chi connectivity index (χ4v) is 13.9. The lowest BCUT2D eigenvalue weighted by Crippen LogP contribution is -2.35. The minimum atomic E-state index is 0.532. The van der Waals surface area contributed by atoms with Gasteiger partial charge in [-0.1, -0.05) is 63.7 Å². The molecule has 0 fully saturated rings. The number of hydrogen-bond acceptors (Lipinski definition) is 12. The van der Waals surface area contributed by atoms with Gasteiger partial charge in [-0.3, -0.25) is 0 Å². The van der Waals surface area contributed by atoms with E-state index in [1.54, 1.807) is 47.0 Å². The van der Waals surface area contributed by atoms with Crippen LogP contribution >= 0.6 is 111 Å². The van der Waals surface area contributed by atoms with Gasteiger partial charge in [0.15, 0.2) is 26.9 Å². The lowest BCUT2D eigenvalue weighted by atomic mass is 10.1. The lowest BCUT2D eigenvalue weighted by molar-refractivity contribution is 0.285. The molecule has 10 rings (SSSR count). The molecule has 0 saturated carbocycles. The monoisotopic (exact) mass is 1210 g/mol. The van der Waals surface area contributed by atoms with Crippen LogP contribution in [0.5, 0.6) is 23.0 Å². The van der Waals surface area contributed by atoms with Crippen LogP contribution < -0.4 is 38.5 Å². The number of nitrogens with zero attached hydrogens (tertiary/aromatic N) is 4. The van der Waals surface area contributed by atoms with Crippen molar-refractivity contribution in [3.63, 3.8) is 0 Å². The Morgan fingerprint density at radius 1 is 0.394 bits per heavy atom. The van der Waals surface area contributed by atoms with Gasteiger partial charge in [-0.2, -0.15) is 0 Å². The van der Waals surface area contributed by atoms with Crippen LogP contribution in [0.15, 0.2) is 122 Å². The maximum Gasteiger partial charge on any atom is 0.161 e. The maximum atomic E-state index is 6.16. The highest BCUT2D eigenvalue weighted by Gasteiger charge is 2.31. The van der Waals surface area contributed by atoms with E-state index in [4.69, 9.17) is 18.9 Å². The van der Waals surface area contributed by atoms with Gasteiger partial charge in [-0.25, -0.2) is 0 Å². The summed E-state index contributed by atoms with van der Waals surface area (Å²) in [5.74, 6) is 3.85. The summed E-state index contributed by atoms with van der Waals surface area (Å²) in [5.41, 5.74) is 12.2. The number of anilines is 4. The molecule has 0 saturated heterocycles. The van der Waals surface area contributed by atoms with Gasteiger partial charge in [0, 0.05) is 81.0 Å². The summed E-state index contributed by atoms with van der Waals surface area (Å²) in [7, 11) is 0. The molecule has 66 heavy (non-hydrogen) atoms. The number of aryl methyl sites for hydroxylation is 1. The predicted molar refractivity (Wildman–Crippen MR) is 293 cm³/mol. The molecule has 0 radical (unpaired) electrons. The first-order valence-electron chi connectivity index (χ1n) is 21.1. The summed E-state index contributed by atoms with van der Waals surface area (Å²) in [6, 6.07) is 29.5. The average molecular weight is 1220 g/mol. The van der Waals surface area contributed by atoms with Gasteiger partial charge in [0.25, 0.3) is 0 Å². The van der Waals surface area contributed by atoms with Crippen LogP contribution in [0.1, 0.15) is 33.4 Å². The fourth-order valence-electron chi connectivity index (χ4n) is 9.03. The molecule has 4 aliphatic heterocycles. The molecule has 4 heterocycles. The Kier molecular flexibility index (Phi) is 15.3. The highest BCUT2D eigenvalue weighted by atomic mass is 79.9. The van der Waals surface area contributed by atoms with Crippen LogP contribution in [0.25, 0.3) is 0 Å². The first kappa shape index (κ1) is 48.1. The SMILES string of the molecule is CSc1cc(C)c(N2COc3ccc(Br)cc3C2)c(SC)c1N1COc2ccc(Br)cc2C1.CSc1cc(SC)c(N2COc3ccc(Br)cc3C2)c(C)c1N1COc2ccc(Br)cc2C1. The Morgan fingerprint density at radius 2 is 0.712 bits per heavy atom.